The van der Waals surface area contributed by atoms with E-state index < -0.39 is 0 Å². The van der Waals surface area contributed by atoms with E-state index >= 15 is 0 Å². The van der Waals surface area contributed by atoms with Gasteiger partial charge in [-0.25, -0.2) is 9.97 Å². The van der Waals surface area contributed by atoms with E-state index in [4.69, 9.17) is 14.4 Å². The highest BCUT2D eigenvalue weighted by atomic mass is 16.3. The van der Waals surface area contributed by atoms with Gasteiger partial charge in [0.15, 0.2) is 0 Å². The monoisotopic (exact) mass is 711 g/mol. The van der Waals surface area contributed by atoms with Crippen LogP contribution < -0.4 is 0 Å². The molecule has 0 atom stereocenters. The lowest BCUT2D eigenvalue weighted by Crippen LogP contribution is -2.04. The minimum absolute atomic E-state index is 0.633. The smallest absolute Gasteiger partial charge is 0.235 e. The average molecular weight is 712 g/mol. The molecule has 3 heterocycles. The summed E-state index contributed by atoms with van der Waals surface area (Å²) in [7, 11) is 0. The van der Waals surface area contributed by atoms with Crippen LogP contribution in [-0.2, 0) is 0 Å². The molecule has 4 nitrogen and oxygen atoms in total. The Morgan fingerprint density at radius 2 is 0.964 bits per heavy atom. The normalized spacial score (nSPS) is 12.3. The molecule has 0 aliphatic rings. The molecule has 0 spiro atoms. The van der Waals surface area contributed by atoms with Crippen LogP contribution in [0.5, 0.6) is 0 Å². The number of rotatable bonds is 2. The van der Waals surface area contributed by atoms with E-state index in [0.717, 1.165) is 65.9 Å². The maximum absolute atomic E-state index is 6.41. The summed E-state index contributed by atoms with van der Waals surface area (Å²) < 4.78 is 8.72. The van der Waals surface area contributed by atoms with Crippen LogP contribution in [-0.4, -0.2) is 14.5 Å². The lowest BCUT2D eigenvalue weighted by atomic mass is 9.91. The predicted octanol–water partition coefficient (Wildman–Crippen LogP) is 14.1. The highest BCUT2D eigenvalue weighted by Gasteiger charge is 2.23. The van der Waals surface area contributed by atoms with Gasteiger partial charge in [-0.1, -0.05) is 140 Å². The Morgan fingerprint density at radius 1 is 0.357 bits per heavy atom. The van der Waals surface area contributed by atoms with Gasteiger partial charge in [0.2, 0.25) is 5.95 Å². The maximum Gasteiger partial charge on any atom is 0.235 e. The molecule has 13 rings (SSSR count). The van der Waals surface area contributed by atoms with Gasteiger partial charge in [0.1, 0.15) is 11.2 Å². The summed E-state index contributed by atoms with van der Waals surface area (Å²) in [5, 5.41) is 17.6. The molecule has 3 aromatic heterocycles. The van der Waals surface area contributed by atoms with Crippen LogP contribution in [0.3, 0.4) is 0 Å². The van der Waals surface area contributed by atoms with Crippen LogP contribution >= 0.6 is 0 Å². The number of hydrogen-bond acceptors (Lipinski definition) is 3. The van der Waals surface area contributed by atoms with Gasteiger partial charge in [0.05, 0.1) is 22.2 Å². The Kier molecular flexibility index (Phi) is 5.86. The van der Waals surface area contributed by atoms with Crippen molar-refractivity contribution in [2.75, 3.05) is 0 Å². The lowest BCUT2D eigenvalue weighted by molar-refractivity contribution is 0.669. The summed E-state index contributed by atoms with van der Waals surface area (Å²) in [4.78, 5) is 11.2. The van der Waals surface area contributed by atoms with Gasteiger partial charge in [0.25, 0.3) is 0 Å². The summed E-state index contributed by atoms with van der Waals surface area (Å²) in [6.45, 7) is 0. The van der Waals surface area contributed by atoms with Crippen LogP contribution in [0.4, 0.5) is 0 Å². The minimum Gasteiger partial charge on any atom is -0.456 e. The Labute approximate surface area is 319 Å². The second-order valence-electron chi connectivity index (χ2n) is 14.9. The van der Waals surface area contributed by atoms with Gasteiger partial charge in [-0.15, -0.1) is 0 Å². The van der Waals surface area contributed by atoms with Crippen molar-refractivity contribution in [3.8, 4) is 17.2 Å². The van der Waals surface area contributed by atoms with E-state index in [1.54, 1.807) is 0 Å². The Morgan fingerprint density at radius 3 is 1.77 bits per heavy atom. The molecule has 0 N–H and O–H groups in total. The average Bonchev–Trinajstić information content (AvgIpc) is 3.80. The van der Waals surface area contributed by atoms with Gasteiger partial charge in [-0.3, -0.25) is 4.57 Å². The molecule has 0 aliphatic heterocycles. The van der Waals surface area contributed by atoms with E-state index in [1.807, 2.05) is 12.1 Å². The summed E-state index contributed by atoms with van der Waals surface area (Å²) in [5.41, 5.74) is 6.65. The van der Waals surface area contributed by atoms with Crippen LogP contribution in [0, 0.1) is 0 Å². The summed E-state index contributed by atoms with van der Waals surface area (Å²) in [6.07, 6.45) is 0. The van der Waals surface area contributed by atoms with Gasteiger partial charge >= 0.3 is 0 Å². The minimum atomic E-state index is 0.633. The van der Waals surface area contributed by atoms with Crippen molar-refractivity contribution in [2.24, 2.45) is 0 Å². The molecule has 56 heavy (non-hydrogen) atoms. The Bertz CT molecular complexity index is 3800. The van der Waals surface area contributed by atoms with E-state index in [2.05, 4.69) is 168 Å². The molecule has 258 valence electrons. The molecule has 4 heteroatoms. The zero-order valence-electron chi connectivity index (χ0n) is 30.0. The van der Waals surface area contributed by atoms with Crippen molar-refractivity contribution in [3.63, 3.8) is 0 Å². The van der Waals surface area contributed by atoms with Gasteiger partial charge in [-0.05, 0) is 79.5 Å². The first kappa shape index (κ1) is 29.8. The third-order valence-electron chi connectivity index (χ3n) is 11.9. The topological polar surface area (TPSA) is 43.9 Å². The van der Waals surface area contributed by atoms with Crippen molar-refractivity contribution < 1.29 is 4.42 Å². The van der Waals surface area contributed by atoms with E-state index in [9.17, 15) is 0 Å². The first-order valence-electron chi connectivity index (χ1n) is 19.1. The molecule has 10 aromatic carbocycles. The molecule has 0 aliphatic carbocycles. The number of aromatic nitrogens is 3. The zero-order chi connectivity index (χ0) is 36.5. The molecule has 0 fully saturated rings. The van der Waals surface area contributed by atoms with Gasteiger partial charge < -0.3 is 4.42 Å². The number of para-hydroxylation sites is 1. The van der Waals surface area contributed by atoms with Crippen LogP contribution in [0.15, 0.2) is 180 Å². The SMILES string of the molecule is c1ccc2cc3c(cc2c1)c1c2c4ccccc4c4ccccc4c2ccc1n3-c1nc(-c2cccc3oc4ccccc4c23)c2ccc3ccccc3c2n1. The first-order valence-corrected chi connectivity index (χ1v) is 19.1. The fourth-order valence-corrected chi connectivity index (χ4v) is 9.53. The van der Waals surface area contributed by atoms with E-state index in [0.29, 0.717) is 5.95 Å². The standard InChI is InChI=1S/C52H29N3O/c1-2-14-32-29-44-42(28-31(32)13-1)49-43(27-26-38-36-18-6-5-16-34(36)35-17-7-8-19-37(35)48(38)49)55(44)52-53-50-33-15-4-3-12-30(33)24-25-41(50)51(54-52)40-21-11-23-46-47(40)39-20-9-10-22-45(39)56-46/h1-29H. The molecule has 13 aromatic rings. The van der Waals surface area contributed by atoms with Crippen molar-refractivity contribution >= 4 is 109 Å². The molecule has 0 bridgehead atoms. The lowest BCUT2D eigenvalue weighted by Gasteiger charge is -2.14. The molecular formula is C52H29N3O. The highest BCUT2D eigenvalue weighted by molar-refractivity contribution is 6.36. The molecular weight excluding hydrogens is 683 g/mol. The number of nitrogens with zero attached hydrogens (tertiary/aromatic N) is 3. The Balaban J connectivity index is 1.25. The summed E-state index contributed by atoms with van der Waals surface area (Å²) in [6, 6.07) is 63.0. The van der Waals surface area contributed by atoms with Crippen LogP contribution in [0.25, 0.3) is 126 Å². The third kappa shape index (κ3) is 3.97. The summed E-state index contributed by atoms with van der Waals surface area (Å²) in [5.74, 6) is 0.633. The van der Waals surface area contributed by atoms with Gasteiger partial charge in [0, 0.05) is 43.3 Å². The quantitative estimate of drug-likeness (QED) is 0.168. The van der Waals surface area contributed by atoms with Crippen molar-refractivity contribution in [2.45, 2.75) is 0 Å². The van der Waals surface area contributed by atoms with Gasteiger partial charge in [-0.2, -0.15) is 0 Å². The molecule has 0 saturated carbocycles. The van der Waals surface area contributed by atoms with Crippen LogP contribution in [0.2, 0.25) is 0 Å². The first-order chi connectivity index (χ1) is 27.8. The maximum atomic E-state index is 6.41. The third-order valence-corrected chi connectivity index (χ3v) is 11.9. The predicted molar refractivity (Wildman–Crippen MR) is 234 cm³/mol. The number of benzene rings is 10. The van der Waals surface area contributed by atoms with Crippen molar-refractivity contribution in [1.82, 2.24) is 14.5 Å². The van der Waals surface area contributed by atoms with Crippen LogP contribution in [0.1, 0.15) is 0 Å². The second-order valence-corrected chi connectivity index (χ2v) is 14.9. The zero-order valence-corrected chi connectivity index (χ0v) is 30.0. The van der Waals surface area contributed by atoms with E-state index in [1.165, 1.54) is 53.9 Å². The number of fused-ring (bicyclic) bond motifs is 17. The molecule has 0 unspecified atom stereocenters. The highest BCUT2D eigenvalue weighted by Crippen LogP contribution is 2.45. The number of furan rings is 1. The number of hydrogen-bond donors (Lipinski definition) is 0. The molecule has 0 radical (unpaired) electrons. The molecule has 0 saturated heterocycles. The largest absolute Gasteiger partial charge is 0.456 e. The van der Waals surface area contributed by atoms with Crippen molar-refractivity contribution in [3.05, 3.63) is 176 Å². The summed E-state index contributed by atoms with van der Waals surface area (Å²) >= 11 is 0. The van der Waals surface area contributed by atoms with E-state index in [-0.39, 0.29) is 0 Å². The Hall–Kier alpha value is -7.56. The fraction of sp³-hybridized carbons (Fsp3) is 0. The van der Waals surface area contributed by atoms with Crippen molar-refractivity contribution in [1.29, 1.82) is 0 Å². The molecule has 0 amide bonds. The second kappa shape index (κ2) is 11.0. The fourth-order valence-electron chi connectivity index (χ4n) is 9.53.